The van der Waals surface area contributed by atoms with Gasteiger partial charge >= 0.3 is 0 Å². The van der Waals surface area contributed by atoms with E-state index in [9.17, 15) is 10.1 Å². The maximum atomic E-state index is 10.5. The Balaban J connectivity index is 2.07. The molecule has 5 heteroatoms. The number of ether oxygens (including phenoxy) is 1. The van der Waals surface area contributed by atoms with Gasteiger partial charge in [-0.15, -0.1) is 0 Å². The van der Waals surface area contributed by atoms with Crippen LogP contribution in [0.15, 0.2) is 24.3 Å². The average Bonchev–Trinajstić information content (AvgIpc) is 2.42. The number of non-ortho nitro benzene ring substituents is 1. The topological polar surface area (TPSA) is 72.6 Å². The molecule has 0 aromatic heterocycles. The molecule has 5 nitrogen and oxygen atoms in total. The minimum Gasteiger partial charge on any atom is -0.494 e. The van der Waals surface area contributed by atoms with Crippen LogP contribution < -0.4 is 4.74 Å². The number of nitro benzene ring substituents is 1. The van der Waals surface area contributed by atoms with Crippen LogP contribution in [0, 0.1) is 10.1 Å². The first kappa shape index (κ1) is 15.4. The highest BCUT2D eigenvalue weighted by atomic mass is 16.6. The number of hydrogen-bond donors (Lipinski definition) is 1. The number of unbranched alkanes of at least 4 members (excludes halogenated alkanes) is 5. The summed E-state index contributed by atoms with van der Waals surface area (Å²) in [5.74, 6) is 0.672. The number of hydrogen-bond acceptors (Lipinski definition) is 4. The van der Waals surface area contributed by atoms with E-state index in [0.29, 0.717) is 12.4 Å². The Bertz CT molecular complexity index is 364. The fourth-order valence-electron chi connectivity index (χ4n) is 1.78. The molecule has 0 unspecified atom stereocenters. The quantitative estimate of drug-likeness (QED) is 0.401. The SMILES string of the molecule is O=[N+]([O-])c1ccc(OCCCCCCCCO)cc1. The van der Waals surface area contributed by atoms with E-state index >= 15 is 0 Å². The van der Waals surface area contributed by atoms with Crippen molar-refractivity contribution >= 4 is 5.69 Å². The molecule has 0 saturated heterocycles. The van der Waals surface area contributed by atoms with Crippen LogP contribution >= 0.6 is 0 Å². The van der Waals surface area contributed by atoms with Crippen molar-refractivity contribution in [2.24, 2.45) is 0 Å². The monoisotopic (exact) mass is 267 g/mol. The van der Waals surface area contributed by atoms with E-state index in [1.165, 1.54) is 12.1 Å². The molecule has 0 spiro atoms. The Kier molecular flexibility index (Phi) is 7.58. The highest BCUT2D eigenvalue weighted by molar-refractivity contribution is 5.35. The number of aliphatic hydroxyl groups is 1. The van der Waals surface area contributed by atoms with Gasteiger partial charge in [-0.3, -0.25) is 10.1 Å². The predicted octanol–water partition coefficient (Wildman–Crippen LogP) is 3.31. The van der Waals surface area contributed by atoms with Gasteiger partial charge in [-0.2, -0.15) is 0 Å². The van der Waals surface area contributed by atoms with Crippen molar-refractivity contribution in [3.05, 3.63) is 34.4 Å². The summed E-state index contributed by atoms with van der Waals surface area (Å²) in [6.45, 7) is 0.918. The zero-order chi connectivity index (χ0) is 13.9. The van der Waals surface area contributed by atoms with Crippen molar-refractivity contribution in [2.75, 3.05) is 13.2 Å². The number of rotatable bonds is 10. The molecule has 1 N–H and O–H groups in total. The fraction of sp³-hybridized carbons (Fsp3) is 0.571. The third kappa shape index (κ3) is 6.76. The zero-order valence-electron chi connectivity index (χ0n) is 11.1. The summed E-state index contributed by atoms with van der Waals surface area (Å²) in [5, 5.41) is 19.1. The van der Waals surface area contributed by atoms with Crippen molar-refractivity contribution in [1.29, 1.82) is 0 Å². The van der Waals surface area contributed by atoms with Crippen molar-refractivity contribution in [3.8, 4) is 5.75 Å². The zero-order valence-corrected chi connectivity index (χ0v) is 11.1. The molecule has 1 aromatic carbocycles. The van der Waals surface area contributed by atoms with Gasteiger partial charge < -0.3 is 9.84 Å². The first-order valence-electron chi connectivity index (χ1n) is 6.72. The summed E-state index contributed by atoms with van der Waals surface area (Å²) < 4.78 is 5.51. The van der Waals surface area contributed by atoms with E-state index in [4.69, 9.17) is 9.84 Å². The molecule has 19 heavy (non-hydrogen) atoms. The average molecular weight is 267 g/mol. The molecular formula is C14H21NO4. The maximum Gasteiger partial charge on any atom is 0.269 e. The number of nitrogens with zero attached hydrogens (tertiary/aromatic N) is 1. The highest BCUT2D eigenvalue weighted by Crippen LogP contribution is 2.17. The summed E-state index contributed by atoms with van der Waals surface area (Å²) in [6, 6.07) is 6.15. The van der Waals surface area contributed by atoms with E-state index in [0.717, 1.165) is 38.5 Å². The third-order valence-corrected chi connectivity index (χ3v) is 2.87. The molecule has 1 aromatic rings. The number of benzene rings is 1. The Morgan fingerprint density at radius 2 is 1.58 bits per heavy atom. The molecule has 0 aliphatic rings. The molecule has 1 rings (SSSR count). The van der Waals surface area contributed by atoms with Crippen molar-refractivity contribution in [2.45, 2.75) is 38.5 Å². The fourth-order valence-corrected chi connectivity index (χ4v) is 1.78. The van der Waals surface area contributed by atoms with Crippen LogP contribution in [0.4, 0.5) is 5.69 Å². The molecule has 0 heterocycles. The summed E-state index contributed by atoms with van der Waals surface area (Å²) in [6.07, 6.45) is 6.37. The van der Waals surface area contributed by atoms with E-state index in [2.05, 4.69) is 0 Å². The van der Waals surface area contributed by atoms with Gasteiger partial charge in [0.25, 0.3) is 5.69 Å². The molecule has 0 atom stereocenters. The molecule has 0 bridgehead atoms. The van der Waals surface area contributed by atoms with Crippen molar-refractivity contribution < 1.29 is 14.8 Å². The largest absolute Gasteiger partial charge is 0.494 e. The van der Waals surface area contributed by atoms with E-state index in [1.54, 1.807) is 12.1 Å². The van der Waals surface area contributed by atoms with E-state index in [1.807, 2.05) is 0 Å². The van der Waals surface area contributed by atoms with Crippen LogP contribution in [0.2, 0.25) is 0 Å². The second-order valence-corrected chi connectivity index (χ2v) is 4.44. The Hall–Kier alpha value is -1.62. The first-order chi connectivity index (χ1) is 9.24. The molecule has 0 fully saturated rings. The lowest BCUT2D eigenvalue weighted by molar-refractivity contribution is -0.384. The van der Waals surface area contributed by atoms with Crippen LogP contribution in [0.25, 0.3) is 0 Å². The van der Waals surface area contributed by atoms with Crippen LogP contribution in [-0.4, -0.2) is 23.2 Å². The molecule has 0 aliphatic carbocycles. The summed E-state index contributed by atoms with van der Waals surface area (Å²) in [4.78, 5) is 10.0. The first-order valence-corrected chi connectivity index (χ1v) is 6.72. The Morgan fingerprint density at radius 1 is 1.00 bits per heavy atom. The van der Waals surface area contributed by atoms with Crippen LogP contribution in [0.5, 0.6) is 5.75 Å². The second kappa shape index (κ2) is 9.33. The van der Waals surface area contributed by atoms with Crippen LogP contribution in [-0.2, 0) is 0 Å². The number of aliphatic hydroxyl groups excluding tert-OH is 1. The van der Waals surface area contributed by atoms with Gasteiger partial charge in [0.05, 0.1) is 11.5 Å². The van der Waals surface area contributed by atoms with Gasteiger partial charge in [-0.25, -0.2) is 0 Å². The summed E-state index contributed by atoms with van der Waals surface area (Å²) >= 11 is 0. The van der Waals surface area contributed by atoms with Crippen LogP contribution in [0.3, 0.4) is 0 Å². The second-order valence-electron chi connectivity index (χ2n) is 4.44. The molecule has 0 radical (unpaired) electrons. The van der Waals surface area contributed by atoms with Gasteiger partial charge in [0.1, 0.15) is 5.75 Å². The molecule has 0 aliphatic heterocycles. The lowest BCUT2D eigenvalue weighted by Crippen LogP contribution is -1.97. The van der Waals surface area contributed by atoms with E-state index in [-0.39, 0.29) is 12.3 Å². The molecule has 0 saturated carbocycles. The predicted molar refractivity (Wildman–Crippen MR) is 73.4 cm³/mol. The molecular weight excluding hydrogens is 246 g/mol. The van der Waals surface area contributed by atoms with Gasteiger partial charge in [0.2, 0.25) is 0 Å². The van der Waals surface area contributed by atoms with E-state index < -0.39 is 4.92 Å². The molecule has 106 valence electrons. The van der Waals surface area contributed by atoms with Gasteiger partial charge in [-0.1, -0.05) is 25.7 Å². The van der Waals surface area contributed by atoms with Crippen molar-refractivity contribution in [1.82, 2.24) is 0 Å². The van der Waals surface area contributed by atoms with Gasteiger partial charge in [-0.05, 0) is 25.0 Å². The van der Waals surface area contributed by atoms with Crippen molar-refractivity contribution in [3.63, 3.8) is 0 Å². The lowest BCUT2D eigenvalue weighted by atomic mass is 10.1. The lowest BCUT2D eigenvalue weighted by Gasteiger charge is -2.05. The minimum atomic E-state index is -0.420. The third-order valence-electron chi connectivity index (χ3n) is 2.87. The summed E-state index contributed by atoms with van der Waals surface area (Å²) in [5.41, 5.74) is 0.0798. The number of nitro groups is 1. The van der Waals surface area contributed by atoms with Gasteiger partial charge in [0.15, 0.2) is 0 Å². The highest BCUT2D eigenvalue weighted by Gasteiger charge is 2.03. The Labute approximate surface area is 113 Å². The normalized spacial score (nSPS) is 10.4. The standard InChI is InChI=1S/C14H21NO4/c16-11-5-3-1-2-4-6-12-19-14-9-7-13(8-10-14)15(17)18/h7-10,16H,1-6,11-12H2. The summed E-state index contributed by atoms with van der Waals surface area (Å²) in [7, 11) is 0. The van der Waals surface area contributed by atoms with Gasteiger partial charge in [0, 0.05) is 18.7 Å². The smallest absolute Gasteiger partial charge is 0.269 e. The minimum absolute atomic E-state index is 0.0798. The maximum absolute atomic E-state index is 10.5. The van der Waals surface area contributed by atoms with Crippen LogP contribution in [0.1, 0.15) is 38.5 Å². The Morgan fingerprint density at radius 3 is 2.16 bits per heavy atom. The molecule has 0 amide bonds.